The second-order valence-corrected chi connectivity index (χ2v) is 13.4. The second-order valence-electron chi connectivity index (χ2n) is 13.0. The number of methoxy groups -OCH3 is 1. The number of nitrogens with zero attached hydrogens (tertiary/aromatic N) is 12. The van der Waals surface area contributed by atoms with Crippen molar-refractivity contribution in [1.82, 2.24) is 44.8 Å². The number of alkyl halides is 2. The standard InChI is InChI=1S/C33H41ClF2N14O2/c1-18-14-39-22(19(2)25(18)51-3)17-50-16-20(23-26(34)42-31(38)45-29(23)50)4-5-47-6-8-48(9-7-47)32-43-28(21-15-40-30(37)41-24(21)27(35)36)44-33(46-32)49-10-12-52-13-11-49/h14-15,20,27H,4-13,16-17H2,1-3H3,(H2,37,40,41)(H2,38,42,45)/t20-/m1/s1. The van der Waals surface area contributed by atoms with Crippen LogP contribution in [-0.2, 0) is 11.3 Å². The average Bonchev–Trinajstić information content (AvgIpc) is 3.49. The van der Waals surface area contributed by atoms with Crippen LogP contribution in [0.3, 0.4) is 0 Å². The number of halogens is 3. The van der Waals surface area contributed by atoms with Crippen molar-refractivity contribution in [1.29, 1.82) is 0 Å². The van der Waals surface area contributed by atoms with Crippen molar-refractivity contribution in [2.24, 2.45) is 0 Å². The third-order valence-electron chi connectivity index (χ3n) is 9.77. The van der Waals surface area contributed by atoms with Crippen LogP contribution in [-0.4, -0.2) is 117 Å². The van der Waals surface area contributed by atoms with Crippen molar-refractivity contribution in [2.45, 2.75) is 39.2 Å². The first kappa shape index (κ1) is 35.6. The number of morpholine rings is 1. The molecule has 0 amide bonds. The molecule has 52 heavy (non-hydrogen) atoms. The number of pyridine rings is 1. The number of aromatic nitrogens is 8. The third-order valence-corrected chi connectivity index (χ3v) is 10.1. The van der Waals surface area contributed by atoms with Gasteiger partial charge in [0.1, 0.15) is 22.4 Å². The lowest BCUT2D eigenvalue weighted by molar-refractivity contribution is 0.122. The van der Waals surface area contributed by atoms with Gasteiger partial charge >= 0.3 is 0 Å². The number of ether oxygens (including phenoxy) is 2. The van der Waals surface area contributed by atoms with Crippen LogP contribution in [0.4, 0.5) is 38.4 Å². The number of fused-ring (bicyclic) bond motifs is 1. The normalized spacial score (nSPS) is 18.0. The first-order valence-corrected chi connectivity index (χ1v) is 17.5. The number of hydrogen-bond acceptors (Lipinski definition) is 16. The predicted octanol–water partition coefficient (Wildman–Crippen LogP) is 3.05. The molecule has 0 bridgehead atoms. The topological polar surface area (TPSA) is 187 Å². The minimum atomic E-state index is -2.89. The van der Waals surface area contributed by atoms with Crippen molar-refractivity contribution in [2.75, 3.05) is 98.8 Å². The summed E-state index contributed by atoms with van der Waals surface area (Å²) in [5.74, 6) is 2.39. The zero-order chi connectivity index (χ0) is 36.5. The maximum Gasteiger partial charge on any atom is 0.281 e. The molecule has 0 aromatic carbocycles. The number of rotatable bonds is 10. The van der Waals surface area contributed by atoms with E-state index in [1.807, 2.05) is 24.9 Å². The van der Waals surface area contributed by atoms with Crippen LogP contribution in [0.25, 0.3) is 11.4 Å². The van der Waals surface area contributed by atoms with E-state index >= 15 is 0 Å². The highest BCUT2D eigenvalue weighted by molar-refractivity contribution is 6.30. The number of aryl methyl sites for hydroxylation is 1. The first-order chi connectivity index (χ1) is 25.1. The zero-order valence-corrected chi connectivity index (χ0v) is 30.0. The fraction of sp³-hybridized carbons (Fsp3) is 0.515. The molecule has 1 atom stereocenters. The Kier molecular flexibility index (Phi) is 10.3. The first-order valence-electron chi connectivity index (χ1n) is 17.1. The van der Waals surface area contributed by atoms with Gasteiger partial charge in [0.15, 0.2) is 5.82 Å². The number of piperazine rings is 1. The number of hydrogen-bond donors (Lipinski definition) is 2. The summed E-state index contributed by atoms with van der Waals surface area (Å²) in [5.41, 5.74) is 14.9. The van der Waals surface area contributed by atoms with Gasteiger partial charge in [0.2, 0.25) is 23.8 Å². The van der Waals surface area contributed by atoms with Crippen molar-refractivity contribution in [3.05, 3.63) is 45.6 Å². The average molecular weight is 739 g/mol. The van der Waals surface area contributed by atoms with Gasteiger partial charge in [0, 0.05) is 80.8 Å². The molecule has 7 rings (SSSR count). The molecular formula is C33H41ClF2N14O2. The van der Waals surface area contributed by atoms with E-state index in [0.29, 0.717) is 69.5 Å². The predicted molar refractivity (Wildman–Crippen MR) is 192 cm³/mol. The highest BCUT2D eigenvalue weighted by Gasteiger charge is 2.35. The Balaban J connectivity index is 1.06. The fourth-order valence-electron chi connectivity index (χ4n) is 7.05. The van der Waals surface area contributed by atoms with Gasteiger partial charge in [-0.2, -0.15) is 19.9 Å². The van der Waals surface area contributed by atoms with Crippen molar-refractivity contribution >= 4 is 41.2 Å². The summed E-state index contributed by atoms with van der Waals surface area (Å²) in [4.78, 5) is 43.9. The molecular weight excluding hydrogens is 698 g/mol. The number of anilines is 5. The molecule has 4 aromatic heterocycles. The van der Waals surface area contributed by atoms with Gasteiger partial charge in [-0.3, -0.25) is 9.88 Å². The highest BCUT2D eigenvalue weighted by atomic mass is 35.5. The molecule has 276 valence electrons. The van der Waals surface area contributed by atoms with E-state index in [2.05, 4.69) is 44.6 Å². The van der Waals surface area contributed by atoms with Gasteiger partial charge in [0.25, 0.3) is 6.43 Å². The lowest BCUT2D eigenvalue weighted by Crippen LogP contribution is -2.47. The van der Waals surface area contributed by atoms with Crippen molar-refractivity contribution in [3.8, 4) is 17.1 Å². The van der Waals surface area contributed by atoms with Gasteiger partial charge in [0.05, 0.1) is 38.1 Å². The lowest BCUT2D eigenvalue weighted by Gasteiger charge is -2.35. The Morgan fingerprint density at radius 2 is 1.62 bits per heavy atom. The molecule has 0 unspecified atom stereocenters. The van der Waals surface area contributed by atoms with Crippen LogP contribution in [0.5, 0.6) is 5.75 Å². The highest BCUT2D eigenvalue weighted by Crippen LogP contribution is 2.42. The Morgan fingerprint density at radius 1 is 0.904 bits per heavy atom. The molecule has 3 aliphatic heterocycles. The maximum atomic E-state index is 14.0. The van der Waals surface area contributed by atoms with E-state index < -0.39 is 12.1 Å². The van der Waals surface area contributed by atoms with E-state index in [1.54, 1.807) is 7.11 Å². The Labute approximate surface area is 304 Å². The lowest BCUT2D eigenvalue weighted by atomic mass is 10.00. The molecule has 4 aromatic rings. The Bertz CT molecular complexity index is 1930. The number of nitrogens with two attached hydrogens (primary N) is 2. The minimum Gasteiger partial charge on any atom is -0.496 e. The molecule has 16 nitrogen and oxygen atoms in total. The summed E-state index contributed by atoms with van der Waals surface area (Å²) in [5, 5.41) is 0.370. The maximum absolute atomic E-state index is 14.0. The molecule has 2 fully saturated rings. The summed E-state index contributed by atoms with van der Waals surface area (Å²) in [6, 6.07) is 0. The molecule has 0 saturated carbocycles. The summed E-state index contributed by atoms with van der Waals surface area (Å²) in [6.07, 6.45) is 1.00. The monoisotopic (exact) mass is 738 g/mol. The van der Waals surface area contributed by atoms with Gasteiger partial charge in [-0.05, 0) is 26.8 Å². The zero-order valence-electron chi connectivity index (χ0n) is 29.3. The van der Waals surface area contributed by atoms with E-state index in [0.717, 1.165) is 60.0 Å². The number of nitrogen functional groups attached to an aromatic ring is 2. The minimum absolute atomic E-state index is 0.0174. The molecule has 3 aliphatic rings. The van der Waals surface area contributed by atoms with Crippen LogP contribution < -0.4 is 30.9 Å². The van der Waals surface area contributed by atoms with Gasteiger partial charge in [-0.1, -0.05) is 11.6 Å². The summed E-state index contributed by atoms with van der Waals surface area (Å²) in [6.45, 7) is 10.9. The van der Waals surface area contributed by atoms with Crippen LogP contribution in [0.2, 0.25) is 5.15 Å². The fourth-order valence-corrected chi connectivity index (χ4v) is 7.37. The quantitative estimate of drug-likeness (QED) is 0.226. The van der Waals surface area contributed by atoms with E-state index in [1.165, 1.54) is 6.20 Å². The van der Waals surface area contributed by atoms with Crippen LogP contribution in [0.1, 0.15) is 46.8 Å². The largest absolute Gasteiger partial charge is 0.496 e. The van der Waals surface area contributed by atoms with Crippen LogP contribution in [0.15, 0.2) is 12.4 Å². The van der Waals surface area contributed by atoms with E-state index in [4.69, 9.17) is 42.5 Å². The summed E-state index contributed by atoms with van der Waals surface area (Å²) in [7, 11) is 1.67. The summed E-state index contributed by atoms with van der Waals surface area (Å²) >= 11 is 6.71. The van der Waals surface area contributed by atoms with Crippen molar-refractivity contribution < 1.29 is 18.3 Å². The molecule has 7 heterocycles. The van der Waals surface area contributed by atoms with Gasteiger partial charge in [-0.25, -0.2) is 23.7 Å². The van der Waals surface area contributed by atoms with E-state index in [9.17, 15) is 8.78 Å². The second kappa shape index (κ2) is 15.0. The Morgan fingerprint density at radius 3 is 2.31 bits per heavy atom. The smallest absolute Gasteiger partial charge is 0.281 e. The SMILES string of the molecule is COc1c(C)cnc(CN2C[C@@H](CCN3CCN(c4nc(-c5cnc(N)nc5C(F)F)nc(N5CCOCC5)n4)CC3)c3c(Cl)nc(N)nc32)c1C. The van der Waals surface area contributed by atoms with Gasteiger partial charge in [-0.15, -0.1) is 0 Å². The van der Waals surface area contributed by atoms with Crippen molar-refractivity contribution in [3.63, 3.8) is 0 Å². The Hall–Kier alpha value is -4.81. The molecule has 19 heteroatoms. The van der Waals surface area contributed by atoms with E-state index in [-0.39, 0.29) is 29.2 Å². The van der Waals surface area contributed by atoms with Crippen LogP contribution >= 0.6 is 11.6 Å². The molecule has 0 radical (unpaired) electrons. The summed E-state index contributed by atoms with van der Waals surface area (Å²) < 4.78 is 39.2. The molecule has 4 N–H and O–H groups in total. The molecule has 2 saturated heterocycles. The molecule has 0 spiro atoms. The van der Waals surface area contributed by atoms with Crippen LogP contribution in [0, 0.1) is 13.8 Å². The third kappa shape index (κ3) is 7.27. The van der Waals surface area contributed by atoms with Gasteiger partial charge < -0.3 is 35.6 Å². The molecule has 0 aliphatic carbocycles.